The van der Waals surface area contributed by atoms with Crippen molar-refractivity contribution in [1.29, 1.82) is 0 Å². The van der Waals surface area contributed by atoms with Gasteiger partial charge in [0.05, 0.1) is 10.4 Å². The summed E-state index contributed by atoms with van der Waals surface area (Å²) in [6, 6.07) is 40.0. The molecule has 0 amide bonds. The second kappa shape index (κ2) is 9.27. The summed E-state index contributed by atoms with van der Waals surface area (Å²) in [7, 11) is 0. The number of hydrogen-bond donors (Lipinski definition) is 0. The van der Waals surface area contributed by atoms with Gasteiger partial charge in [-0.25, -0.2) is 8.78 Å². The highest BCUT2D eigenvalue weighted by Crippen LogP contribution is 2.48. The molecule has 0 aliphatic carbocycles. The summed E-state index contributed by atoms with van der Waals surface area (Å²) in [6.45, 7) is -0.0338. The molecule has 6 aromatic carbocycles. The number of nitrogens with zero attached hydrogens (tertiary/aromatic N) is 2. The Kier molecular flexibility index (Phi) is 5.22. The van der Waals surface area contributed by atoms with Gasteiger partial charge in [0.25, 0.3) is 6.71 Å². The highest BCUT2D eigenvalue weighted by Gasteiger charge is 2.44. The van der Waals surface area contributed by atoms with Gasteiger partial charge in [-0.3, -0.25) is 0 Å². The van der Waals surface area contributed by atoms with Gasteiger partial charge in [-0.05, 0) is 106 Å². The molecule has 0 saturated heterocycles. The van der Waals surface area contributed by atoms with Gasteiger partial charge in [0.2, 0.25) is 0 Å². The zero-order valence-corrected chi connectivity index (χ0v) is 25.3. The number of rotatable bonds is 2. The average molecular weight is 619 g/mol. The molecule has 2 aromatic heterocycles. The van der Waals surface area contributed by atoms with E-state index in [2.05, 4.69) is 88.0 Å². The third-order valence-corrected chi connectivity index (χ3v) is 11.3. The molecule has 0 N–H and O–H groups in total. The van der Waals surface area contributed by atoms with Crippen molar-refractivity contribution < 1.29 is 8.78 Å². The molecule has 0 unspecified atom stereocenters. The van der Waals surface area contributed by atoms with Crippen LogP contribution in [0.3, 0.4) is 0 Å². The lowest BCUT2D eigenvalue weighted by molar-refractivity contribution is 0.627. The quantitative estimate of drug-likeness (QED) is 0.178. The summed E-state index contributed by atoms with van der Waals surface area (Å²) in [5, 5.41) is 5.82. The van der Waals surface area contributed by atoms with Crippen LogP contribution in [0.5, 0.6) is 0 Å². The van der Waals surface area contributed by atoms with E-state index in [1.807, 2.05) is 35.6 Å². The van der Waals surface area contributed by atoms with Crippen LogP contribution >= 0.6 is 22.7 Å². The lowest BCUT2D eigenvalue weighted by atomic mass is 9.33. The SMILES string of the molecule is Fc1ccc(N2c3cc4sccc4cc3B3c4ccc5c(sc6ccccc65)c4N(c4ccc(F)cc4)c4cccc2c43)cc1. The van der Waals surface area contributed by atoms with Gasteiger partial charge in [-0.2, -0.15) is 0 Å². The summed E-state index contributed by atoms with van der Waals surface area (Å²) in [5.41, 5.74) is 9.78. The maximum Gasteiger partial charge on any atom is 0.252 e. The van der Waals surface area contributed by atoms with E-state index in [1.54, 1.807) is 11.3 Å². The van der Waals surface area contributed by atoms with Crippen LogP contribution in [0.2, 0.25) is 0 Å². The number of hydrogen-bond acceptors (Lipinski definition) is 4. The van der Waals surface area contributed by atoms with E-state index in [9.17, 15) is 8.78 Å². The third kappa shape index (κ3) is 3.53. The molecule has 2 nitrogen and oxygen atoms in total. The van der Waals surface area contributed by atoms with E-state index in [0.717, 1.165) is 34.1 Å². The van der Waals surface area contributed by atoms with E-state index in [-0.39, 0.29) is 18.3 Å². The molecule has 0 radical (unpaired) electrons. The van der Waals surface area contributed by atoms with Gasteiger partial charge in [0, 0.05) is 48.6 Å². The van der Waals surface area contributed by atoms with Crippen LogP contribution in [0.15, 0.2) is 127 Å². The van der Waals surface area contributed by atoms with Gasteiger partial charge < -0.3 is 9.80 Å². The molecule has 0 atom stereocenters. The van der Waals surface area contributed by atoms with Crippen molar-refractivity contribution in [2.24, 2.45) is 0 Å². The molecular formula is C38H21BF2N2S2. The average Bonchev–Trinajstić information content (AvgIpc) is 3.69. The first-order valence-electron chi connectivity index (χ1n) is 14.8. The smallest absolute Gasteiger partial charge is 0.252 e. The maximum atomic E-state index is 14.3. The molecule has 2 aliphatic heterocycles. The molecule has 0 saturated carbocycles. The van der Waals surface area contributed by atoms with Gasteiger partial charge in [-0.1, -0.05) is 42.5 Å². The minimum atomic E-state index is -0.264. The highest BCUT2D eigenvalue weighted by molar-refractivity contribution is 7.26. The number of anilines is 6. The number of thiophene rings is 2. The van der Waals surface area contributed by atoms with Crippen LogP contribution in [-0.4, -0.2) is 6.71 Å². The Morgan fingerprint density at radius 2 is 1.27 bits per heavy atom. The zero-order valence-electron chi connectivity index (χ0n) is 23.7. The molecule has 0 spiro atoms. The number of benzene rings is 6. The molecule has 10 rings (SSSR count). The van der Waals surface area contributed by atoms with Crippen molar-refractivity contribution in [3.63, 3.8) is 0 Å². The highest BCUT2D eigenvalue weighted by atomic mass is 32.1. The van der Waals surface area contributed by atoms with Gasteiger partial charge in [0.15, 0.2) is 0 Å². The largest absolute Gasteiger partial charge is 0.311 e. The maximum absolute atomic E-state index is 14.3. The van der Waals surface area contributed by atoms with Crippen molar-refractivity contribution in [2.45, 2.75) is 0 Å². The summed E-state index contributed by atoms with van der Waals surface area (Å²) in [6.07, 6.45) is 0. The van der Waals surface area contributed by atoms with E-state index in [1.165, 1.54) is 70.9 Å². The van der Waals surface area contributed by atoms with E-state index in [4.69, 9.17) is 0 Å². The fourth-order valence-electron chi connectivity index (χ4n) is 7.38. The number of fused-ring (bicyclic) bond motifs is 9. The second-order valence-corrected chi connectivity index (χ2v) is 13.6. The molecule has 0 bridgehead atoms. The van der Waals surface area contributed by atoms with Crippen LogP contribution in [0.4, 0.5) is 42.9 Å². The van der Waals surface area contributed by atoms with Crippen molar-refractivity contribution >= 4 is 110 Å². The Bertz CT molecular complexity index is 2480. The fraction of sp³-hybridized carbons (Fsp3) is 0. The van der Waals surface area contributed by atoms with Crippen LogP contribution in [-0.2, 0) is 0 Å². The van der Waals surface area contributed by atoms with Gasteiger partial charge >= 0.3 is 0 Å². The molecule has 2 aliphatic rings. The van der Waals surface area contributed by atoms with Gasteiger partial charge in [0.1, 0.15) is 11.6 Å². The minimum Gasteiger partial charge on any atom is -0.311 e. The molecule has 0 fully saturated rings. The van der Waals surface area contributed by atoms with Crippen LogP contribution in [0, 0.1) is 11.6 Å². The minimum absolute atomic E-state index is 0.0338. The molecule has 7 heteroatoms. The predicted molar refractivity (Wildman–Crippen MR) is 189 cm³/mol. The summed E-state index contributed by atoms with van der Waals surface area (Å²) < 4.78 is 32.2. The summed E-state index contributed by atoms with van der Waals surface area (Å²) in [4.78, 5) is 4.59. The Labute approximate surface area is 266 Å². The van der Waals surface area contributed by atoms with Crippen molar-refractivity contribution in [1.82, 2.24) is 0 Å². The molecule has 4 heterocycles. The van der Waals surface area contributed by atoms with E-state index >= 15 is 0 Å². The Morgan fingerprint density at radius 3 is 2.04 bits per heavy atom. The van der Waals surface area contributed by atoms with Crippen LogP contribution in [0.25, 0.3) is 30.3 Å². The fourth-order valence-corrected chi connectivity index (χ4v) is 9.43. The topological polar surface area (TPSA) is 6.48 Å². The predicted octanol–water partition coefficient (Wildman–Crippen LogP) is 9.63. The first-order valence-corrected chi connectivity index (χ1v) is 16.5. The summed E-state index contributed by atoms with van der Waals surface area (Å²) >= 11 is 3.54. The Morgan fingerprint density at radius 1 is 0.556 bits per heavy atom. The third-order valence-electron chi connectivity index (χ3n) is 9.24. The van der Waals surface area contributed by atoms with Crippen molar-refractivity contribution in [3.05, 3.63) is 138 Å². The lowest BCUT2D eigenvalue weighted by Crippen LogP contribution is -2.61. The Balaban J connectivity index is 1.35. The molecular weight excluding hydrogens is 597 g/mol. The first kappa shape index (κ1) is 25.4. The van der Waals surface area contributed by atoms with Crippen molar-refractivity contribution in [2.75, 3.05) is 9.80 Å². The van der Waals surface area contributed by atoms with Crippen LogP contribution in [0.1, 0.15) is 0 Å². The molecule has 212 valence electrons. The lowest BCUT2D eigenvalue weighted by Gasteiger charge is -2.44. The first-order chi connectivity index (χ1) is 22.1. The zero-order chi connectivity index (χ0) is 29.8. The molecule has 45 heavy (non-hydrogen) atoms. The van der Waals surface area contributed by atoms with E-state index < -0.39 is 0 Å². The van der Waals surface area contributed by atoms with E-state index in [0.29, 0.717) is 0 Å². The monoisotopic (exact) mass is 618 g/mol. The van der Waals surface area contributed by atoms with Crippen LogP contribution < -0.4 is 26.2 Å². The second-order valence-electron chi connectivity index (χ2n) is 11.6. The summed E-state index contributed by atoms with van der Waals surface area (Å²) in [5.74, 6) is -0.526. The van der Waals surface area contributed by atoms with Gasteiger partial charge in [-0.15, -0.1) is 22.7 Å². The normalized spacial score (nSPS) is 13.4. The molecule has 8 aromatic rings. The van der Waals surface area contributed by atoms with Crippen molar-refractivity contribution in [3.8, 4) is 0 Å². The standard InChI is InChI=1S/C38H21BF2N2S2/c40-23-8-12-25(13-9-23)42-31-5-3-6-32-36(31)39(30-20-22-18-19-44-35(22)21-33(30)42)29-17-16-28-27-4-1-2-7-34(27)45-38(28)37(29)43(32)26-14-10-24(41)11-15-26/h1-21H. The number of halogens is 2. The Hall–Kier alpha value is -4.98.